The molecule has 0 radical (unpaired) electrons. The van der Waals surface area contributed by atoms with Gasteiger partial charge in [-0.05, 0) is 31.7 Å². The number of hydrogen-bond acceptors (Lipinski definition) is 3. The first kappa shape index (κ1) is 9.96. The van der Waals surface area contributed by atoms with E-state index in [0.29, 0.717) is 17.2 Å². The monoisotopic (exact) mass is 206 g/mol. The zero-order chi connectivity index (χ0) is 10.8. The first-order chi connectivity index (χ1) is 7.18. The molecule has 0 unspecified atom stereocenters. The van der Waals surface area contributed by atoms with Crippen molar-refractivity contribution in [3.8, 4) is 0 Å². The van der Waals surface area contributed by atoms with Gasteiger partial charge in [0, 0.05) is 12.1 Å². The number of anilines is 1. The Morgan fingerprint density at radius 3 is 2.87 bits per heavy atom. The van der Waals surface area contributed by atoms with E-state index in [0.717, 1.165) is 6.54 Å². The van der Waals surface area contributed by atoms with Gasteiger partial charge < -0.3 is 5.32 Å². The second-order valence-corrected chi connectivity index (χ2v) is 4.05. The Balaban J connectivity index is 2.19. The highest BCUT2D eigenvalue weighted by Gasteiger charge is 2.23. The van der Waals surface area contributed by atoms with Gasteiger partial charge >= 0.3 is 0 Å². The molecule has 0 amide bonds. The molecule has 0 saturated heterocycles. The average molecular weight is 206 g/mol. The molecular weight excluding hydrogens is 192 g/mol. The van der Waals surface area contributed by atoms with Gasteiger partial charge in [0.15, 0.2) is 0 Å². The Hall–Kier alpha value is -1.58. The van der Waals surface area contributed by atoms with Crippen molar-refractivity contribution in [1.82, 2.24) is 0 Å². The fourth-order valence-corrected chi connectivity index (χ4v) is 1.62. The van der Waals surface area contributed by atoms with Gasteiger partial charge in [-0.2, -0.15) is 0 Å². The minimum absolute atomic E-state index is 0.207. The van der Waals surface area contributed by atoms with Crippen LogP contribution in [0, 0.1) is 23.0 Å². The molecule has 2 rings (SSSR count). The highest BCUT2D eigenvalue weighted by Crippen LogP contribution is 2.32. The molecule has 1 saturated carbocycles. The summed E-state index contributed by atoms with van der Waals surface area (Å²) in [6.07, 6.45) is 2.49. The van der Waals surface area contributed by atoms with Crippen LogP contribution in [0.15, 0.2) is 18.2 Å². The molecule has 0 atom stereocenters. The van der Waals surface area contributed by atoms with Crippen LogP contribution in [0.25, 0.3) is 0 Å². The van der Waals surface area contributed by atoms with E-state index < -0.39 is 0 Å². The summed E-state index contributed by atoms with van der Waals surface area (Å²) >= 11 is 0. The van der Waals surface area contributed by atoms with Gasteiger partial charge in [0.05, 0.1) is 4.92 Å². The third kappa shape index (κ3) is 2.26. The number of nitro groups is 1. The quantitative estimate of drug-likeness (QED) is 0.608. The van der Waals surface area contributed by atoms with Crippen molar-refractivity contribution in [3.05, 3.63) is 33.9 Å². The number of nitro benzene ring substituents is 1. The SMILES string of the molecule is Cc1cccc(NCC2CC2)c1[N+](=O)[O-]. The van der Waals surface area contributed by atoms with Gasteiger partial charge in [-0.3, -0.25) is 10.1 Å². The number of benzene rings is 1. The molecule has 0 spiro atoms. The predicted molar refractivity (Wildman–Crippen MR) is 59.0 cm³/mol. The third-order valence-electron chi connectivity index (χ3n) is 2.70. The predicted octanol–water partition coefficient (Wildman–Crippen LogP) is 2.73. The van der Waals surface area contributed by atoms with Crippen LogP contribution in [0.1, 0.15) is 18.4 Å². The molecule has 0 aromatic heterocycles. The lowest BCUT2D eigenvalue weighted by Crippen LogP contribution is -2.06. The fourth-order valence-electron chi connectivity index (χ4n) is 1.62. The van der Waals surface area contributed by atoms with Crippen LogP contribution >= 0.6 is 0 Å². The molecule has 0 heterocycles. The maximum Gasteiger partial charge on any atom is 0.295 e. The van der Waals surface area contributed by atoms with E-state index in [-0.39, 0.29) is 10.6 Å². The summed E-state index contributed by atoms with van der Waals surface area (Å²) in [6, 6.07) is 5.38. The van der Waals surface area contributed by atoms with Crippen molar-refractivity contribution in [2.45, 2.75) is 19.8 Å². The third-order valence-corrected chi connectivity index (χ3v) is 2.70. The zero-order valence-corrected chi connectivity index (χ0v) is 8.69. The smallest absolute Gasteiger partial charge is 0.295 e. The molecule has 1 aromatic rings. The first-order valence-electron chi connectivity index (χ1n) is 5.16. The molecule has 15 heavy (non-hydrogen) atoms. The van der Waals surface area contributed by atoms with Crippen molar-refractivity contribution in [1.29, 1.82) is 0 Å². The highest BCUT2D eigenvalue weighted by molar-refractivity contribution is 5.65. The van der Waals surface area contributed by atoms with Gasteiger partial charge in [0.1, 0.15) is 5.69 Å². The summed E-state index contributed by atoms with van der Waals surface area (Å²) in [4.78, 5) is 10.6. The van der Waals surface area contributed by atoms with E-state index in [4.69, 9.17) is 0 Å². The molecule has 0 bridgehead atoms. The summed E-state index contributed by atoms with van der Waals surface area (Å²) in [5, 5.41) is 14.0. The normalized spacial score (nSPS) is 15.0. The van der Waals surface area contributed by atoms with Crippen molar-refractivity contribution >= 4 is 11.4 Å². The van der Waals surface area contributed by atoms with Gasteiger partial charge in [0.25, 0.3) is 5.69 Å². The lowest BCUT2D eigenvalue weighted by molar-refractivity contribution is -0.384. The van der Waals surface area contributed by atoms with E-state index >= 15 is 0 Å². The molecule has 1 aliphatic rings. The maximum absolute atomic E-state index is 10.9. The van der Waals surface area contributed by atoms with Crippen LogP contribution in [-0.4, -0.2) is 11.5 Å². The van der Waals surface area contributed by atoms with Crippen LogP contribution in [0.2, 0.25) is 0 Å². The molecule has 1 aliphatic carbocycles. The molecule has 1 aromatic carbocycles. The molecule has 80 valence electrons. The number of rotatable bonds is 4. The summed E-state index contributed by atoms with van der Waals surface area (Å²) in [5.41, 5.74) is 1.56. The molecular formula is C11H14N2O2. The molecule has 1 fully saturated rings. The van der Waals surface area contributed by atoms with Gasteiger partial charge in [-0.1, -0.05) is 12.1 Å². The van der Waals surface area contributed by atoms with Gasteiger partial charge in [-0.25, -0.2) is 0 Å². The lowest BCUT2D eigenvalue weighted by atomic mass is 10.1. The van der Waals surface area contributed by atoms with Crippen molar-refractivity contribution in [3.63, 3.8) is 0 Å². The van der Waals surface area contributed by atoms with E-state index in [1.54, 1.807) is 19.1 Å². The van der Waals surface area contributed by atoms with Crippen LogP contribution < -0.4 is 5.32 Å². The van der Waals surface area contributed by atoms with Crippen molar-refractivity contribution in [2.75, 3.05) is 11.9 Å². The van der Waals surface area contributed by atoms with E-state index in [1.165, 1.54) is 12.8 Å². The minimum atomic E-state index is -0.315. The van der Waals surface area contributed by atoms with Crippen LogP contribution in [0.4, 0.5) is 11.4 Å². The Morgan fingerprint density at radius 2 is 2.27 bits per heavy atom. The first-order valence-corrected chi connectivity index (χ1v) is 5.16. The highest BCUT2D eigenvalue weighted by atomic mass is 16.6. The van der Waals surface area contributed by atoms with Gasteiger partial charge in [-0.15, -0.1) is 0 Å². The van der Waals surface area contributed by atoms with Crippen LogP contribution in [0.5, 0.6) is 0 Å². The Bertz CT molecular complexity index is 386. The van der Waals surface area contributed by atoms with Crippen molar-refractivity contribution < 1.29 is 4.92 Å². The number of aryl methyl sites for hydroxylation is 1. The lowest BCUT2D eigenvalue weighted by Gasteiger charge is -2.07. The minimum Gasteiger partial charge on any atom is -0.379 e. The average Bonchev–Trinajstić information content (AvgIpc) is 2.97. The standard InChI is InChI=1S/C11H14N2O2/c1-8-3-2-4-10(11(8)13(14)15)12-7-9-5-6-9/h2-4,9,12H,5-7H2,1H3. The number of hydrogen-bond donors (Lipinski definition) is 1. The summed E-state index contributed by atoms with van der Waals surface area (Å²) in [5.74, 6) is 0.713. The largest absolute Gasteiger partial charge is 0.379 e. The Morgan fingerprint density at radius 1 is 1.53 bits per heavy atom. The second kappa shape index (κ2) is 3.88. The fraction of sp³-hybridized carbons (Fsp3) is 0.455. The number of nitrogens with one attached hydrogen (secondary N) is 1. The molecule has 4 nitrogen and oxygen atoms in total. The second-order valence-electron chi connectivity index (χ2n) is 4.05. The summed E-state index contributed by atoms with van der Waals surface area (Å²) in [7, 11) is 0. The maximum atomic E-state index is 10.9. The van der Waals surface area contributed by atoms with E-state index in [1.807, 2.05) is 6.07 Å². The number of para-hydroxylation sites is 1. The van der Waals surface area contributed by atoms with E-state index in [9.17, 15) is 10.1 Å². The Labute approximate surface area is 88.5 Å². The number of nitrogens with zero attached hydrogens (tertiary/aromatic N) is 1. The summed E-state index contributed by atoms with van der Waals surface area (Å²) < 4.78 is 0. The van der Waals surface area contributed by atoms with Gasteiger partial charge in [0.2, 0.25) is 0 Å². The molecule has 0 aliphatic heterocycles. The molecule has 1 N–H and O–H groups in total. The summed E-state index contributed by atoms with van der Waals surface area (Å²) in [6.45, 7) is 2.62. The zero-order valence-electron chi connectivity index (χ0n) is 8.69. The molecule has 4 heteroatoms. The topological polar surface area (TPSA) is 55.2 Å². The van der Waals surface area contributed by atoms with Crippen molar-refractivity contribution in [2.24, 2.45) is 5.92 Å². The Kier molecular flexibility index (Phi) is 2.58. The van der Waals surface area contributed by atoms with E-state index in [2.05, 4.69) is 5.32 Å². The van der Waals surface area contributed by atoms with Crippen LogP contribution in [0.3, 0.4) is 0 Å². The van der Waals surface area contributed by atoms with Crippen LogP contribution in [-0.2, 0) is 0 Å².